The molecule has 0 bridgehead atoms. The summed E-state index contributed by atoms with van der Waals surface area (Å²) in [6.45, 7) is 11.3. The zero-order valence-electron chi connectivity index (χ0n) is 11.1. The van der Waals surface area contributed by atoms with E-state index in [9.17, 15) is 0 Å². The van der Waals surface area contributed by atoms with E-state index in [4.69, 9.17) is 0 Å². The average molecular weight is 222 g/mol. The molecule has 1 fully saturated rings. The summed E-state index contributed by atoms with van der Waals surface area (Å²) in [7, 11) is 0. The van der Waals surface area contributed by atoms with Crippen LogP contribution in [0.15, 0.2) is 17.8 Å². The predicted molar refractivity (Wildman–Crippen MR) is 71.7 cm³/mol. The van der Waals surface area contributed by atoms with Crippen molar-refractivity contribution in [3.8, 4) is 0 Å². The van der Waals surface area contributed by atoms with Gasteiger partial charge in [0.25, 0.3) is 0 Å². The Morgan fingerprint density at radius 1 is 1.38 bits per heavy atom. The lowest BCUT2D eigenvalue weighted by Gasteiger charge is -2.23. The lowest BCUT2D eigenvalue weighted by molar-refractivity contribution is 0.423. The van der Waals surface area contributed by atoms with Crippen molar-refractivity contribution < 1.29 is 0 Å². The topological polar surface area (TPSA) is 24.4 Å². The molecule has 0 saturated heterocycles. The molecule has 16 heavy (non-hydrogen) atoms. The molecule has 0 unspecified atom stereocenters. The van der Waals surface area contributed by atoms with Crippen LogP contribution in [-0.4, -0.2) is 12.3 Å². The van der Waals surface area contributed by atoms with Crippen LogP contribution in [-0.2, 0) is 0 Å². The zero-order valence-corrected chi connectivity index (χ0v) is 11.1. The number of hydrogen-bond donors (Lipinski definition) is 1. The third-order valence-electron chi connectivity index (χ3n) is 3.00. The van der Waals surface area contributed by atoms with E-state index in [0.717, 1.165) is 18.9 Å². The summed E-state index contributed by atoms with van der Waals surface area (Å²) < 4.78 is 0. The summed E-state index contributed by atoms with van der Waals surface area (Å²) in [5.41, 5.74) is 4.80. The Morgan fingerprint density at radius 3 is 2.50 bits per heavy atom. The first kappa shape index (κ1) is 13.3. The average Bonchev–Trinajstić information content (AvgIpc) is 2.67. The van der Waals surface area contributed by atoms with Crippen LogP contribution in [0.2, 0.25) is 0 Å². The first-order valence-corrected chi connectivity index (χ1v) is 6.43. The van der Waals surface area contributed by atoms with Gasteiger partial charge in [-0.15, -0.1) is 6.58 Å². The van der Waals surface area contributed by atoms with Crippen molar-refractivity contribution in [3.05, 3.63) is 12.7 Å². The summed E-state index contributed by atoms with van der Waals surface area (Å²) in [6, 6.07) is 0. The minimum atomic E-state index is 0.331. The van der Waals surface area contributed by atoms with Crippen LogP contribution in [0.25, 0.3) is 0 Å². The molecule has 0 atom stereocenters. The van der Waals surface area contributed by atoms with Crippen molar-refractivity contribution in [3.63, 3.8) is 0 Å². The second-order valence-electron chi connectivity index (χ2n) is 5.97. The summed E-state index contributed by atoms with van der Waals surface area (Å²) in [5.74, 6) is 0.719. The molecule has 0 heterocycles. The van der Waals surface area contributed by atoms with Gasteiger partial charge in [-0.25, -0.2) is 0 Å². The van der Waals surface area contributed by atoms with E-state index in [1.54, 1.807) is 0 Å². The third kappa shape index (κ3) is 4.82. The van der Waals surface area contributed by atoms with E-state index in [0.29, 0.717) is 5.41 Å². The molecule has 1 N–H and O–H groups in total. The van der Waals surface area contributed by atoms with Crippen molar-refractivity contribution >= 4 is 5.71 Å². The Hall–Kier alpha value is -0.790. The van der Waals surface area contributed by atoms with Gasteiger partial charge in [0.2, 0.25) is 0 Å². The molecule has 1 rings (SSSR count). The van der Waals surface area contributed by atoms with Gasteiger partial charge in [-0.3, -0.25) is 0 Å². The van der Waals surface area contributed by atoms with Crippen LogP contribution in [0.5, 0.6) is 0 Å². The SMILES string of the molecule is C=CCN/N=C(\CC(C)(C)C)C1CCCC1. The molecule has 1 aliphatic carbocycles. The fourth-order valence-electron chi connectivity index (χ4n) is 2.29. The molecule has 1 aliphatic rings. The van der Waals surface area contributed by atoms with E-state index in [2.05, 4.69) is 37.9 Å². The van der Waals surface area contributed by atoms with Crippen LogP contribution >= 0.6 is 0 Å². The normalized spacial score (nSPS) is 18.8. The monoisotopic (exact) mass is 222 g/mol. The van der Waals surface area contributed by atoms with Crippen LogP contribution in [0.1, 0.15) is 52.9 Å². The fraction of sp³-hybridized carbons (Fsp3) is 0.786. The minimum Gasteiger partial charge on any atom is -0.306 e. The zero-order chi connectivity index (χ0) is 12.0. The Kier molecular flexibility index (Phi) is 5.04. The van der Waals surface area contributed by atoms with Gasteiger partial charge in [0.05, 0.1) is 6.54 Å². The summed E-state index contributed by atoms with van der Waals surface area (Å²) in [6.07, 6.45) is 8.34. The van der Waals surface area contributed by atoms with E-state index < -0.39 is 0 Å². The second-order valence-corrected chi connectivity index (χ2v) is 5.97. The van der Waals surface area contributed by atoms with Crippen molar-refractivity contribution in [1.29, 1.82) is 0 Å². The lowest BCUT2D eigenvalue weighted by atomic mass is 9.84. The number of hydrogen-bond acceptors (Lipinski definition) is 2. The van der Waals surface area contributed by atoms with Crippen molar-refractivity contribution in [1.82, 2.24) is 5.43 Å². The Balaban J connectivity index is 2.60. The summed E-state index contributed by atoms with van der Waals surface area (Å²) in [4.78, 5) is 0. The predicted octanol–water partition coefficient (Wildman–Crippen LogP) is 3.74. The molecule has 0 aromatic carbocycles. The maximum absolute atomic E-state index is 4.58. The number of nitrogens with zero attached hydrogens (tertiary/aromatic N) is 1. The quantitative estimate of drug-likeness (QED) is 0.326. The Morgan fingerprint density at radius 2 is 2.00 bits per heavy atom. The van der Waals surface area contributed by atoms with Gasteiger partial charge in [-0.05, 0) is 30.6 Å². The first-order valence-electron chi connectivity index (χ1n) is 6.43. The highest BCUT2D eigenvalue weighted by atomic mass is 15.3. The van der Waals surface area contributed by atoms with Crippen molar-refractivity contribution in [2.24, 2.45) is 16.4 Å². The van der Waals surface area contributed by atoms with Gasteiger partial charge >= 0.3 is 0 Å². The van der Waals surface area contributed by atoms with Crippen LogP contribution in [0.3, 0.4) is 0 Å². The highest BCUT2D eigenvalue weighted by Gasteiger charge is 2.24. The highest BCUT2D eigenvalue weighted by Crippen LogP contribution is 2.31. The molecule has 1 saturated carbocycles. The standard InChI is InChI=1S/C14H26N2/c1-5-10-15-16-13(11-14(2,3)4)12-8-6-7-9-12/h5,12,15H,1,6-11H2,2-4H3/b16-13+. The Labute approximate surface area is 100 Å². The summed E-state index contributed by atoms with van der Waals surface area (Å²) >= 11 is 0. The lowest BCUT2D eigenvalue weighted by Crippen LogP contribution is -2.22. The van der Waals surface area contributed by atoms with Gasteiger partial charge in [0.1, 0.15) is 0 Å². The van der Waals surface area contributed by atoms with E-state index in [-0.39, 0.29) is 0 Å². The van der Waals surface area contributed by atoms with Crippen LogP contribution in [0.4, 0.5) is 0 Å². The van der Waals surface area contributed by atoms with Crippen molar-refractivity contribution in [2.45, 2.75) is 52.9 Å². The van der Waals surface area contributed by atoms with Crippen molar-refractivity contribution in [2.75, 3.05) is 6.54 Å². The molecular formula is C14H26N2. The van der Waals surface area contributed by atoms with Gasteiger partial charge in [0, 0.05) is 5.71 Å². The molecule has 0 radical (unpaired) electrons. The third-order valence-corrected chi connectivity index (χ3v) is 3.00. The molecule has 0 spiro atoms. The molecule has 0 aromatic rings. The van der Waals surface area contributed by atoms with Gasteiger partial charge < -0.3 is 5.43 Å². The smallest absolute Gasteiger partial charge is 0.0507 e. The Bertz CT molecular complexity index is 242. The number of nitrogens with one attached hydrogen (secondary N) is 1. The molecular weight excluding hydrogens is 196 g/mol. The minimum absolute atomic E-state index is 0.331. The van der Waals surface area contributed by atoms with Crippen LogP contribution < -0.4 is 5.43 Å². The molecule has 0 amide bonds. The van der Waals surface area contributed by atoms with Gasteiger partial charge in [-0.2, -0.15) is 5.10 Å². The maximum Gasteiger partial charge on any atom is 0.0507 e. The molecule has 0 aliphatic heterocycles. The largest absolute Gasteiger partial charge is 0.306 e. The molecule has 92 valence electrons. The molecule has 0 aromatic heterocycles. The fourth-order valence-corrected chi connectivity index (χ4v) is 2.29. The number of rotatable bonds is 5. The maximum atomic E-state index is 4.58. The molecule has 2 heteroatoms. The second kappa shape index (κ2) is 6.07. The summed E-state index contributed by atoms with van der Waals surface area (Å²) in [5, 5.41) is 4.58. The van der Waals surface area contributed by atoms with Gasteiger partial charge in [0.15, 0.2) is 0 Å². The highest BCUT2D eigenvalue weighted by molar-refractivity contribution is 5.87. The van der Waals surface area contributed by atoms with Crippen LogP contribution in [0, 0.1) is 11.3 Å². The number of hydrazone groups is 1. The molecule has 2 nitrogen and oxygen atoms in total. The van der Waals surface area contributed by atoms with E-state index in [1.807, 2.05) is 6.08 Å². The van der Waals surface area contributed by atoms with E-state index >= 15 is 0 Å². The first-order chi connectivity index (χ1) is 7.53. The van der Waals surface area contributed by atoms with E-state index in [1.165, 1.54) is 31.4 Å². The van der Waals surface area contributed by atoms with Gasteiger partial charge in [-0.1, -0.05) is 39.7 Å².